The average Bonchev–Trinajstić information content (AvgIpc) is 2.87. The molecule has 0 N–H and O–H groups in total. The molecule has 0 aromatic heterocycles. The summed E-state index contributed by atoms with van der Waals surface area (Å²) in [5.74, 6) is 2.69. The number of carbonyl (C=O) groups is 1. The molecular formula is C14H18O2. The molecule has 0 radical (unpaired) electrons. The molecule has 0 amide bonds. The molecule has 2 nitrogen and oxygen atoms in total. The smallest absolute Gasteiger partial charge is 0.333 e. The summed E-state index contributed by atoms with van der Waals surface area (Å²) in [6.07, 6.45) is 8.36. The lowest BCUT2D eigenvalue weighted by molar-refractivity contribution is -0.148. The van der Waals surface area contributed by atoms with Crippen LogP contribution in [0.25, 0.3) is 0 Å². The molecule has 2 fully saturated rings. The third-order valence-corrected chi connectivity index (χ3v) is 4.55. The van der Waals surface area contributed by atoms with Gasteiger partial charge in [-0.2, -0.15) is 0 Å². The highest BCUT2D eigenvalue weighted by Crippen LogP contribution is 2.57. The zero-order valence-electron chi connectivity index (χ0n) is 9.69. The number of esters is 1. The van der Waals surface area contributed by atoms with Gasteiger partial charge in [-0.05, 0) is 49.9 Å². The highest BCUT2D eigenvalue weighted by atomic mass is 16.5. The molecule has 86 valence electrons. The first kappa shape index (κ1) is 10.1. The Morgan fingerprint density at radius 2 is 2.19 bits per heavy atom. The van der Waals surface area contributed by atoms with Gasteiger partial charge in [0.15, 0.2) is 0 Å². The van der Waals surface area contributed by atoms with Crippen molar-refractivity contribution < 1.29 is 9.53 Å². The minimum absolute atomic E-state index is 0.162. The molecule has 3 rings (SSSR count). The summed E-state index contributed by atoms with van der Waals surface area (Å²) in [5, 5.41) is 0. The second-order valence-electron chi connectivity index (χ2n) is 5.52. The fourth-order valence-corrected chi connectivity index (χ4v) is 3.87. The van der Waals surface area contributed by atoms with Crippen molar-refractivity contribution in [2.45, 2.75) is 32.3 Å². The van der Waals surface area contributed by atoms with E-state index in [0.717, 1.165) is 24.2 Å². The topological polar surface area (TPSA) is 26.3 Å². The Hall–Kier alpha value is -1.05. The summed E-state index contributed by atoms with van der Waals surface area (Å²) in [7, 11) is 0. The summed E-state index contributed by atoms with van der Waals surface area (Å²) >= 11 is 0. The molecule has 16 heavy (non-hydrogen) atoms. The standard InChI is InChI=1S/C14H18O2/c1-8(2)14(15)16-13-7-9-6-12(13)11-5-3-4-10(9)11/h3-4,9-13H,1,5-7H2,2H3. The van der Waals surface area contributed by atoms with E-state index in [2.05, 4.69) is 18.7 Å². The third kappa shape index (κ3) is 1.35. The van der Waals surface area contributed by atoms with Crippen LogP contribution in [0.5, 0.6) is 0 Å². The Labute approximate surface area is 96.4 Å². The molecule has 0 heterocycles. The van der Waals surface area contributed by atoms with Crippen LogP contribution in [0, 0.1) is 23.7 Å². The van der Waals surface area contributed by atoms with Crippen molar-refractivity contribution in [1.29, 1.82) is 0 Å². The fourth-order valence-electron chi connectivity index (χ4n) is 3.87. The number of allylic oxidation sites excluding steroid dienone is 2. The van der Waals surface area contributed by atoms with Gasteiger partial charge in [0, 0.05) is 5.57 Å². The van der Waals surface area contributed by atoms with E-state index in [1.807, 2.05) is 0 Å². The largest absolute Gasteiger partial charge is 0.459 e. The van der Waals surface area contributed by atoms with E-state index < -0.39 is 0 Å². The zero-order valence-corrected chi connectivity index (χ0v) is 9.69. The minimum atomic E-state index is -0.208. The summed E-state index contributed by atoms with van der Waals surface area (Å²) in [4.78, 5) is 11.5. The van der Waals surface area contributed by atoms with Crippen LogP contribution in [0.4, 0.5) is 0 Å². The van der Waals surface area contributed by atoms with Crippen LogP contribution in [0.2, 0.25) is 0 Å². The second kappa shape index (κ2) is 3.47. The maximum Gasteiger partial charge on any atom is 0.333 e. The van der Waals surface area contributed by atoms with E-state index in [1.54, 1.807) is 6.92 Å². The van der Waals surface area contributed by atoms with E-state index in [9.17, 15) is 4.79 Å². The van der Waals surface area contributed by atoms with Crippen molar-refractivity contribution in [3.8, 4) is 0 Å². The Morgan fingerprint density at radius 3 is 2.94 bits per heavy atom. The van der Waals surface area contributed by atoms with Crippen molar-refractivity contribution in [3.63, 3.8) is 0 Å². The van der Waals surface area contributed by atoms with Crippen LogP contribution in [0.15, 0.2) is 24.3 Å². The monoisotopic (exact) mass is 218 g/mol. The van der Waals surface area contributed by atoms with Crippen LogP contribution in [0.3, 0.4) is 0 Å². The minimum Gasteiger partial charge on any atom is -0.459 e. The van der Waals surface area contributed by atoms with Crippen molar-refractivity contribution >= 4 is 5.97 Å². The number of ether oxygens (including phenoxy) is 1. The summed E-state index contributed by atoms with van der Waals surface area (Å²) in [5.41, 5.74) is 0.517. The Kier molecular flexibility index (Phi) is 2.20. The molecule has 5 unspecified atom stereocenters. The summed E-state index contributed by atoms with van der Waals surface area (Å²) in [6.45, 7) is 5.36. The number of hydrogen-bond acceptors (Lipinski definition) is 2. The van der Waals surface area contributed by atoms with Gasteiger partial charge in [0.2, 0.25) is 0 Å². The molecule has 0 saturated heterocycles. The first-order chi connectivity index (χ1) is 7.66. The molecular weight excluding hydrogens is 200 g/mol. The van der Waals surface area contributed by atoms with Gasteiger partial charge in [0.1, 0.15) is 6.10 Å². The molecule has 2 bridgehead atoms. The normalized spacial score (nSPS) is 43.4. The van der Waals surface area contributed by atoms with Gasteiger partial charge in [0.25, 0.3) is 0 Å². The average molecular weight is 218 g/mol. The molecule has 2 heteroatoms. The number of carbonyl (C=O) groups excluding carboxylic acids is 1. The Balaban J connectivity index is 1.69. The maximum absolute atomic E-state index is 11.5. The third-order valence-electron chi connectivity index (χ3n) is 4.55. The molecule has 0 aromatic rings. The van der Waals surface area contributed by atoms with Crippen molar-refractivity contribution in [3.05, 3.63) is 24.3 Å². The molecule has 0 aromatic carbocycles. The number of fused-ring (bicyclic) bond motifs is 5. The summed E-state index contributed by atoms with van der Waals surface area (Å²) in [6, 6.07) is 0. The fraction of sp³-hybridized carbons (Fsp3) is 0.643. The lowest BCUT2D eigenvalue weighted by Gasteiger charge is -2.31. The van der Waals surface area contributed by atoms with Crippen molar-refractivity contribution in [2.24, 2.45) is 23.7 Å². The second-order valence-corrected chi connectivity index (χ2v) is 5.52. The van der Waals surface area contributed by atoms with Crippen LogP contribution < -0.4 is 0 Å². The van der Waals surface area contributed by atoms with Crippen molar-refractivity contribution in [2.75, 3.05) is 0 Å². The predicted octanol–water partition coefficient (Wildman–Crippen LogP) is 2.71. The molecule has 3 aliphatic rings. The van der Waals surface area contributed by atoms with Gasteiger partial charge in [-0.1, -0.05) is 18.7 Å². The molecule has 3 aliphatic carbocycles. The number of hydrogen-bond donors (Lipinski definition) is 0. The van der Waals surface area contributed by atoms with Gasteiger partial charge in [-0.15, -0.1) is 0 Å². The van der Waals surface area contributed by atoms with E-state index >= 15 is 0 Å². The first-order valence-electron chi connectivity index (χ1n) is 6.20. The maximum atomic E-state index is 11.5. The molecule has 5 atom stereocenters. The van der Waals surface area contributed by atoms with Crippen LogP contribution in [0.1, 0.15) is 26.2 Å². The highest BCUT2D eigenvalue weighted by Gasteiger charge is 2.53. The van der Waals surface area contributed by atoms with E-state index in [1.165, 1.54) is 12.8 Å². The quantitative estimate of drug-likeness (QED) is 0.404. The number of rotatable bonds is 2. The predicted molar refractivity (Wildman–Crippen MR) is 61.6 cm³/mol. The zero-order chi connectivity index (χ0) is 11.3. The molecule has 0 spiro atoms. The van der Waals surface area contributed by atoms with Gasteiger partial charge >= 0.3 is 5.97 Å². The van der Waals surface area contributed by atoms with Crippen LogP contribution in [-0.4, -0.2) is 12.1 Å². The highest BCUT2D eigenvalue weighted by molar-refractivity contribution is 5.87. The Bertz CT molecular complexity index is 369. The molecule has 2 saturated carbocycles. The first-order valence-corrected chi connectivity index (χ1v) is 6.20. The van der Waals surface area contributed by atoms with E-state index in [-0.39, 0.29) is 12.1 Å². The van der Waals surface area contributed by atoms with Crippen LogP contribution in [-0.2, 0) is 9.53 Å². The van der Waals surface area contributed by atoms with Gasteiger partial charge in [0.05, 0.1) is 0 Å². The lowest BCUT2D eigenvalue weighted by atomic mass is 9.80. The van der Waals surface area contributed by atoms with E-state index in [0.29, 0.717) is 11.5 Å². The SMILES string of the molecule is C=C(C)C(=O)OC1CC2CC1C1CC=CC21. The van der Waals surface area contributed by atoms with Gasteiger partial charge in [-0.3, -0.25) is 0 Å². The van der Waals surface area contributed by atoms with E-state index in [4.69, 9.17) is 4.74 Å². The lowest BCUT2D eigenvalue weighted by Crippen LogP contribution is -2.32. The summed E-state index contributed by atoms with van der Waals surface area (Å²) < 4.78 is 5.55. The van der Waals surface area contributed by atoms with Crippen LogP contribution >= 0.6 is 0 Å². The Morgan fingerprint density at radius 1 is 1.38 bits per heavy atom. The van der Waals surface area contributed by atoms with Gasteiger partial charge < -0.3 is 4.74 Å². The molecule has 0 aliphatic heterocycles. The van der Waals surface area contributed by atoms with Crippen molar-refractivity contribution in [1.82, 2.24) is 0 Å². The van der Waals surface area contributed by atoms with Gasteiger partial charge in [-0.25, -0.2) is 4.79 Å².